The van der Waals surface area contributed by atoms with Crippen LogP contribution in [0.1, 0.15) is 45.2 Å². The topological polar surface area (TPSA) is 60.2 Å². The third kappa shape index (κ3) is 5.76. The maximum atomic E-state index is 6.07. The molecule has 0 aliphatic heterocycles. The number of hydrogen-bond donors (Lipinski definition) is 2. The molecule has 0 aromatic carbocycles. The first-order valence-corrected chi connectivity index (χ1v) is 7.28. The summed E-state index contributed by atoms with van der Waals surface area (Å²) in [6.07, 6.45) is 4.85. The van der Waals surface area contributed by atoms with Gasteiger partial charge in [0, 0.05) is 6.61 Å². The minimum absolute atomic E-state index is 0.428. The molecule has 3 N–H and O–H groups in total. The molecular weight excluding hydrogens is 262 g/mol. The van der Waals surface area contributed by atoms with Crippen molar-refractivity contribution in [2.24, 2.45) is 11.8 Å². The van der Waals surface area contributed by atoms with Crippen molar-refractivity contribution in [1.82, 2.24) is 4.98 Å². The Labute approximate surface area is 120 Å². The second-order valence-corrected chi connectivity index (χ2v) is 5.11. The van der Waals surface area contributed by atoms with Crippen LogP contribution in [0.2, 0.25) is 5.02 Å². The molecule has 1 unspecified atom stereocenters. The lowest BCUT2D eigenvalue weighted by Gasteiger charge is -2.15. The Kier molecular flexibility index (Phi) is 7.79. The Balaban J connectivity index is 2.43. The molecule has 0 amide bonds. The van der Waals surface area contributed by atoms with Gasteiger partial charge in [-0.25, -0.2) is 10.8 Å². The third-order valence-corrected chi connectivity index (χ3v) is 3.55. The van der Waals surface area contributed by atoms with Crippen molar-refractivity contribution in [3.8, 4) is 0 Å². The van der Waals surface area contributed by atoms with E-state index in [1.807, 2.05) is 0 Å². The van der Waals surface area contributed by atoms with Gasteiger partial charge in [-0.2, -0.15) is 0 Å². The molecule has 1 aromatic heterocycles. The second kappa shape index (κ2) is 9.13. The van der Waals surface area contributed by atoms with E-state index in [1.54, 1.807) is 12.1 Å². The van der Waals surface area contributed by atoms with Gasteiger partial charge in [0.15, 0.2) is 0 Å². The number of nitrogens with one attached hydrogen (secondary N) is 1. The number of hydrazine groups is 1. The van der Waals surface area contributed by atoms with Crippen LogP contribution in [0.25, 0.3) is 0 Å². The van der Waals surface area contributed by atoms with Crippen LogP contribution < -0.4 is 11.3 Å². The summed E-state index contributed by atoms with van der Waals surface area (Å²) >= 11 is 6.07. The molecule has 0 radical (unpaired) electrons. The number of anilines is 1. The fourth-order valence-corrected chi connectivity index (χ4v) is 2.05. The minimum atomic E-state index is 0.428. The maximum Gasteiger partial charge on any atom is 0.140 e. The van der Waals surface area contributed by atoms with Gasteiger partial charge in [0.05, 0.1) is 17.3 Å². The van der Waals surface area contributed by atoms with Crippen molar-refractivity contribution in [1.29, 1.82) is 0 Å². The van der Waals surface area contributed by atoms with E-state index >= 15 is 0 Å². The van der Waals surface area contributed by atoms with E-state index in [0.717, 1.165) is 18.7 Å². The Morgan fingerprint density at radius 3 is 2.84 bits per heavy atom. The summed E-state index contributed by atoms with van der Waals surface area (Å²) in [5, 5.41) is 0.612. The maximum absolute atomic E-state index is 6.07. The second-order valence-electron chi connectivity index (χ2n) is 4.70. The number of nitrogens with two attached hydrogens (primary N) is 1. The van der Waals surface area contributed by atoms with Crippen molar-refractivity contribution in [3.63, 3.8) is 0 Å². The number of nitrogens with zero attached hydrogens (tertiary/aromatic N) is 1. The summed E-state index contributed by atoms with van der Waals surface area (Å²) in [5.74, 6) is 6.54. The van der Waals surface area contributed by atoms with E-state index in [2.05, 4.69) is 24.3 Å². The van der Waals surface area contributed by atoms with Gasteiger partial charge >= 0.3 is 0 Å². The Morgan fingerprint density at radius 2 is 2.21 bits per heavy atom. The van der Waals surface area contributed by atoms with Crippen LogP contribution in [-0.4, -0.2) is 11.6 Å². The first-order chi connectivity index (χ1) is 9.21. The Bertz CT molecular complexity index is 374. The molecule has 0 aliphatic rings. The summed E-state index contributed by atoms with van der Waals surface area (Å²) in [5.41, 5.74) is 3.23. The fourth-order valence-electron chi connectivity index (χ4n) is 1.89. The van der Waals surface area contributed by atoms with Crippen molar-refractivity contribution < 1.29 is 4.74 Å². The molecule has 1 rings (SSSR count). The average Bonchev–Trinajstić information content (AvgIpc) is 2.44. The highest BCUT2D eigenvalue weighted by Gasteiger charge is 2.08. The molecule has 1 aromatic rings. The number of rotatable bonds is 9. The van der Waals surface area contributed by atoms with Gasteiger partial charge in [-0.05, 0) is 24.5 Å². The minimum Gasteiger partial charge on any atom is -0.375 e. The summed E-state index contributed by atoms with van der Waals surface area (Å²) in [7, 11) is 0. The van der Waals surface area contributed by atoms with E-state index in [9.17, 15) is 0 Å². The average molecular weight is 286 g/mol. The lowest BCUT2D eigenvalue weighted by Crippen LogP contribution is -2.12. The van der Waals surface area contributed by atoms with Gasteiger partial charge in [-0.3, -0.25) is 0 Å². The largest absolute Gasteiger partial charge is 0.375 e. The quantitative estimate of drug-likeness (QED) is 0.536. The van der Waals surface area contributed by atoms with Crippen molar-refractivity contribution in [2.75, 3.05) is 12.0 Å². The SMILES string of the molecule is CCCCC(CC)COCc1nc(NN)ccc1Cl. The summed E-state index contributed by atoms with van der Waals surface area (Å²) in [6.45, 7) is 5.60. The van der Waals surface area contributed by atoms with Crippen LogP contribution in [-0.2, 0) is 11.3 Å². The van der Waals surface area contributed by atoms with Crippen LogP contribution >= 0.6 is 11.6 Å². The van der Waals surface area contributed by atoms with Crippen molar-refractivity contribution in [2.45, 2.75) is 46.1 Å². The van der Waals surface area contributed by atoms with Crippen molar-refractivity contribution >= 4 is 17.4 Å². The molecular formula is C14H24ClN3O. The molecule has 19 heavy (non-hydrogen) atoms. The molecule has 0 saturated carbocycles. The van der Waals surface area contributed by atoms with E-state index in [-0.39, 0.29) is 0 Å². The first kappa shape index (κ1) is 16.2. The molecule has 0 spiro atoms. The van der Waals surface area contributed by atoms with Gasteiger partial charge in [0.1, 0.15) is 5.82 Å². The Morgan fingerprint density at radius 1 is 1.42 bits per heavy atom. The number of halogens is 1. The van der Waals surface area contributed by atoms with E-state index < -0.39 is 0 Å². The third-order valence-electron chi connectivity index (χ3n) is 3.20. The highest BCUT2D eigenvalue weighted by molar-refractivity contribution is 6.31. The number of ether oxygens (including phenoxy) is 1. The van der Waals surface area contributed by atoms with Crippen LogP contribution in [0.4, 0.5) is 5.82 Å². The lowest BCUT2D eigenvalue weighted by molar-refractivity contribution is 0.0800. The summed E-state index contributed by atoms with van der Waals surface area (Å²) in [6, 6.07) is 3.51. The van der Waals surface area contributed by atoms with Crippen LogP contribution in [0.3, 0.4) is 0 Å². The zero-order chi connectivity index (χ0) is 14.1. The number of nitrogen functional groups attached to an aromatic ring is 1. The number of pyridine rings is 1. The predicted octanol–water partition coefficient (Wildman–Crippen LogP) is 3.75. The molecule has 0 bridgehead atoms. The molecule has 0 saturated heterocycles. The number of aromatic nitrogens is 1. The predicted molar refractivity (Wildman–Crippen MR) is 80.0 cm³/mol. The van der Waals surface area contributed by atoms with E-state index in [1.165, 1.54) is 19.3 Å². The van der Waals surface area contributed by atoms with Gasteiger partial charge in [0.2, 0.25) is 0 Å². The normalized spacial score (nSPS) is 12.4. The van der Waals surface area contributed by atoms with E-state index in [4.69, 9.17) is 22.2 Å². The molecule has 1 atom stereocenters. The lowest BCUT2D eigenvalue weighted by atomic mass is 10.0. The zero-order valence-corrected chi connectivity index (χ0v) is 12.5. The monoisotopic (exact) mass is 285 g/mol. The smallest absolute Gasteiger partial charge is 0.140 e. The van der Waals surface area contributed by atoms with Gasteiger partial charge in [0.25, 0.3) is 0 Å². The zero-order valence-electron chi connectivity index (χ0n) is 11.8. The molecule has 4 nitrogen and oxygen atoms in total. The molecule has 0 aliphatic carbocycles. The number of unbranched alkanes of at least 4 members (excludes halogenated alkanes) is 1. The molecule has 5 heteroatoms. The molecule has 0 fully saturated rings. The molecule has 108 valence electrons. The first-order valence-electron chi connectivity index (χ1n) is 6.91. The highest BCUT2D eigenvalue weighted by atomic mass is 35.5. The van der Waals surface area contributed by atoms with Gasteiger partial charge < -0.3 is 10.2 Å². The van der Waals surface area contributed by atoms with Crippen LogP contribution in [0.15, 0.2) is 12.1 Å². The van der Waals surface area contributed by atoms with Gasteiger partial charge in [-0.15, -0.1) is 0 Å². The van der Waals surface area contributed by atoms with E-state index in [0.29, 0.717) is 23.4 Å². The summed E-state index contributed by atoms with van der Waals surface area (Å²) < 4.78 is 5.73. The Hall–Kier alpha value is -0.840. The standard InChI is InChI=1S/C14H24ClN3O/c1-3-5-6-11(4-2)9-19-10-13-12(15)7-8-14(17-13)18-16/h7-8,11H,3-6,9-10,16H2,1-2H3,(H,17,18). The van der Waals surface area contributed by atoms with Crippen LogP contribution in [0, 0.1) is 5.92 Å². The van der Waals surface area contributed by atoms with Gasteiger partial charge in [-0.1, -0.05) is 44.7 Å². The number of hydrogen-bond acceptors (Lipinski definition) is 4. The molecule has 1 heterocycles. The van der Waals surface area contributed by atoms with Crippen molar-refractivity contribution in [3.05, 3.63) is 22.8 Å². The van der Waals surface area contributed by atoms with Crippen LogP contribution in [0.5, 0.6) is 0 Å². The highest BCUT2D eigenvalue weighted by Crippen LogP contribution is 2.18. The summed E-state index contributed by atoms with van der Waals surface area (Å²) in [4.78, 5) is 4.28. The fraction of sp³-hybridized carbons (Fsp3) is 0.643.